The maximum Gasteiger partial charge on any atom is 0.338 e. The SMILES string of the molecule is CN(CC1CCOCC1)C(=O)c1ncccc1C(=O)O. The van der Waals surface area contributed by atoms with Crippen LogP contribution in [0, 0.1) is 5.92 Å². The summed E-state index contributed by atoms with van der Waals surface area (Å²) in [5, 5.41) is 9.09. The van der Waals surface area contributed by atoms with E-state index in [4.69, 9.17) is 9.84 Å². The van der Waals surface area contributed by atoms with Gasteiger partial charge in [-0.05, 0) is 30.9 Å². The molecule has 1 aliphatic rings. The third-order valence-corrected chi connectivity index (χ3v) is 3.46. The van der Waals surface area contributed by atoms with Gasteiger partial charge in [-0.2, -0.15) is 0 Å². The molecule has 108 valence electrons. The van der Waals surface area contributed by atoms with Gasteiger partial charge in [-0.15, -0.1) is 0 Å². The van der Waals surface area contributed by atoms with Gasteiger partial charge >= 0.3 is 5.97 Å². The minimum absolute atomic E-state index is 0.00504. The molecule has 0 atom stereocenters. The van der Waals surface area contributed by atoms with Crippen LogP contribution in [0.3, 0.4) is 0 Å². The summed E-state index contributed by atoms with van der Waals surface area (Å²) in [6, 6.07) is 2.91. The van der Waals surface area contributed by atoms with Gasteiger partial charge in [-0.1, -0.05) is 0 Å². The van der Waals surface area contributed by atoms with E-state index in [1.165, 1.54) is 18.3 Å². The Morgan fingerprint density at radius 1 is 1.45 bits per heavy atom. The van der Waals surface area contributed by atoms with E-state index in [0.717, 1.165) is 26.1 Å². The number of aromatic carboxylic acids is 1. The number of carbonyl (C=O) groups is 2. The van der Waals surface area contributed by atoms with Crippen molar-refractivity contribution in [1.29, 1.82) is 0 Å². The van der Waals surface area contributed by atoms with Gasteiger partial charge in [0.25, 0.3) is 5.91 Å². The van der Waals surface area contributed by atoms with Crippen molar-refractivity contribution in [3.63, 3.8) is 0 Å². The van der Waals surface area contributed by atoms with E-state index in [1.807, 2.05) is 0 Å². The van der Waals surface area contributed by atoms with Crippen LogP contribution >= 0.6 is 0 Å². The van der Waals surface area contributed by atoms with E-state index in [-0.39, 0.29) is 17.2 Å². The highest BCUT2D eigenvalue weighted by molar-refractivity contribution is 6.03. The Morgan fingerprint density at radius 2 is 2.15 bits per heavy atom. The van der Waals surface area contributed by atoms with Crippen molar-refractivity contribution in [1.82, 2.24) is 9.88 Å². The Morgan fingerprint density at radius 3 is 2.80 bits per heavy atom. The molecule has 0 spiro atoms. The van der Waals surface area contributed by atoms with Crippen LogP contribution in [-0.4, -0.2) is 53.7 Å². The number of rotatable bonds is 4. The average Bonchev–Trinajstić information content (AvgIpc) is 2.47. The Labute approximate surface area is 117 Å². The van der Waals surface area contributed by atoms with Crippen molar-refractivity contribution < 1.29 is 19.4 Å². The molecule has 0 aromatic carbocycles. The fourth-order valence-corrected chi connectivity index (χ4v) is 2.33. The smallest absolute Gasteiger partial charge is 0.338 e. The molecule has 1 N–H and O–H groups in total. The predicted molar refractivity (Wildman–Crippen MR) is 71.7 cm³/mol. The fraction of sp³-hybridized carbons (Fsp3) is 0.500. The van der Waals surface area contributed by atoms with Crippen molar-refractivity contribution in [2.24, 2.45) is 5.92 Å². The van der Waals surface area contributed by atoms with Crippen molar-refractivity contribution in [3.05, 3.63) is 29.6 Å². The fourth-order valence-electron chi connectivity index (χ4n) is 2.33. The molecule has 0 unspecified atom stereocenters. The maximum atomic E-state index is 12.3. The third-order valence-electron chi connectivity index (χ3n) is 3.46. The summed E-state index contributed by atoms with van der Waals surface area (Å²) in [5.41, 5.74) is -0.0640. The lowest BCUT2D eigenvalue weighted by Crippen LogP contribution is -2.35. The Balaban J connectivity index is 2.08. The first kappa shape index (κ1) is 14.5. The largest absolute Gasteiger partial charge is 0.478 e. The quantitative estimate of drug-likeness (QED) is 0.897. The summed E-state index contributed by atoms with van der Waals surface area (Å²) in [6.07, 6.45) is 3.28. The number of hydrogen-bond donors (Lipinski definition) is 1. The molecule has 2 heterocycles. The number of amides is 1. The molecule has 1 aromatic heterocycles. The molecular formula is C14H18N2O4. The van der Waals surface area contributed by atoms with E-state index in [0.29, 0.717) is 12.5 Å². The highest BCUT2D eigenvalue weighted by Gasteiger charge is 2.23. The second-order valence-corrected chi connectivity index (χ2v) is 4.95. The highest BCUT2D eigenvalue weighted by Crippen LogP contribution is 2.17. The topological polar surface area (TPSA) is 79.7 Å². The van der Waals surface area contributed by atoms with Crippen LogP contribution in [0.5, 0.6) is 0 Å². The van der Waals surface area contributed by atoms with E-state index < -0.39 is 5.97 Å². The average molecular weight is 278 g/mol. The number of hydrogen-bond acceptors (Lipinski definition) is 4. The van der Waals surface area contributed by atoms with E-state index >= 15 is 0 Å². The first-order valence-electron chi connectivity index (χ1n) is 6.61. The molecule has 0 bridgehead atoms. The standard InChI is InChI=1S/C14H18N2O4/c1-16(9-10-4-7-20-8-5-10)13(17)12-11(14(18)19)3-2-6-15-12/h2-3,6,10H,4-5,7-9H2,1H3,(H,18,19). The molecule has 0 aliphatic carbocycles. The van der Waals surface area contributed by atoms with Crippen LogP contribution in [0.1, 0.15) is 33.7 Å². The molecule has 1 aliphatic heterocycles. The van der Waals surface area contributed by atoms with E-state index in [2.05, 4.69) is 4.98 Å². The monoisotopic (exact) mass is 278 g/mol. The van der Waals surface area contributed by atoms with Gasteiger partial charge in [-0.3, -0.25) is 9.78 Å². The first-order valence-corrected chi connectivity index (χ1v) is 6.61. The normalized spacial score (nSPS) is 15.8. The van der Waals surface area contributed by atoms with Crippen molar-refractivity contribution in [2.75, 3.05) is 26.8 Å². The Kier molecular flexibility index (Phi) is 4.68. The number of nitrogens with zero attached hydrogens (tertiary/aromatic N) is 2. The lowest BCUT2D eigenvalue weighted by atomic mass is 9.99. The van der Waals surface area contributed by atoms with Gasteiger partial charge in [0.05, 0.1) is 5.56 Å². The summed E-state index contributed by atoms with van der Waals surface area (Å²) in [5.74, 6) is -1.09. The van der Waals surface area contributed by atoms with Crippen molar-refractivity contribution in [3.8, 4) is 0 Å². The number of aromatic nitrogens is 1. The molecular weight excluding hydrogens is 260 g/mol. The zero-order valence-electron chi connectivity index (χ0n) is 11.4. The molecule has 1 fully saturated rings. The van der Waals surface area contributed by atoms with Gasteiger partial charge in [0.1, 0.15) is 5.69 Å². The lowest BCUT2D eigenvalue weighted by molar-refractivity contribution is 0.0492. The van der Waals surface area contributed by atoms with Crippen LogP contribution in [0.2, 0.25) is 0 Å². The molecule has 0 saturated carbocycles. The highest BCUT2D eigenvalue weighted by atomic mass is 16.5. The van der Waals surface area contributed by atoms with Crippen LogP contribution in [-0.2, 0) is 4.74 Å². The minimum Gasteiger partial charge on any atom is -0.478 e. The number of carboxylic acids is 1. The van der Waals surface area contributed by atoms with Crippen molar-refractivity contribution >= 4 is 11.9 Å². The zero-order chi connectivity index (χ0) is 14.5. The minimum atomic E-state index is -1.14. The second kappa shape index (κ2) is 6.47. The lowest BCUT2D eigenvalue weighted by Gasteiger charge is -2.27. The van der Waals surface area contributed by atoms with Crippen molar-refractivity contribution in [2.45, 2.75) is 12.8 Å². The van der Waals surface area contributed by atoms with Gasteiger partial charge in [0.15, 0.2) is 0 Å². The van der Waals surface area contributed by atoms with E-state index in [1.54, 1.807) is 11.9 Å². The maximum absolute atomic E-state index is 12.3. The predicted octanol–water partition coefficient (Wildman–Crippen LogP) is 1.28. The molecule has 0 radical (unpaired) electrons. The molecule has 6 nitrogen and oxygen atoms in total. The summed E-state index contributed by atoms with van der Waals surface area (Å²) >= 11 is 0. The summed E-state index contributed by atoms with van der Waals surface area (Å²) < 4.78 is 5.28. The van der Waals surface area contributed by atoms with Gasteiger partial charge < -0.3 is 14.7 Å². The van der Waals surface area contributed by atoms with Gasteiger partial charge in [0.2, 0.25) is 0 Å². The first-order chi connectivity index (χ1) is 9.59. The number of carbonyl (C=O) groups excluding carboxylic acids is 1. The summed E-state index contributed by atoms with van der Waals surface area (Å²) in [7, 11) is 1.68. The van der Waals surface area contributed by atoms with Crippen LogP contribution in [0.15, 0.2) is 18.3 Å². The van der Waals surface area contributed by atoms with Gasteiger partial charge in [-0.25, -0.2) is 4.79 Å². The second-order valence-electron chi connectivity index (χ2n) is 4.95. The number of ether oxygens (including phenoxy) is 1. The molecule has 6 heteroatoms. The van der Waals surface area contributed by atoms with E-state index in [9.17, 15) is 9.59 Å². The molecule has 1 aromatic rings. The third kappa shape index (κ3) is 3.33. The summed E-state index contributed by atoms with van der Waals surface area (Å²) in [6.45, 7) is 2.03. The van der Waals surface area contributed by atoms with Crippen LogP contribution in [0.4, 0.5) is 0 Å². The number of pyridine rings is 1. The molecule has 2 rings (SSSR count). The zero-order valence-corrected chi connectivity index (χ0v) is 11.4. The summed E-state index contributed by atoms with van der Waals surface area (Å²) in [4.78, 5) is 28.9. The van der Waals surface area contributed by atoms with Gasteiger partial charge in [0, 0.05) is 33.0 Å². The Hall–Kier alpha value is -1.95. The number of carboxylic acid groups (broad SMARTS) is 1. The van der Waals surface area contributed by atoms with Crippen LogP contribution < -0.4 is 0 Å². The van der Waals surface area contributed by atoms with Crippen LogP contribution in [0.25, 0.3) is 0 Å². The molecule has 20 heavy (non-hydrogen) atoms. The molecule has 1 saturated heterocycles. The Bertz CT molecular complexity index is 498. The molecule has 1 amide bonds.